The van der Waals surface area contributed by atoms with Crippen LogP contribution in [0.15, 0.2) is 16.7 Å². The van der Waals surface area contributed by atoms with Crippen LogP contribution in [0.25, 0.3) is 11.2 Å². The van der Waals surface area contributed by atoms with E-state index in [1.807, 2.05) is 11.0 Å². The van der Waals surface area contributed by atoms with E-state index < -0.39 is 0 Å². The summed E-state index contributed by atoms with van der Waals surface area (Å²) in [6.07, 6.45) is 2.67. The number of rotatable bonds is 1. The molecular weight excluding hydrogens is 308 g/mol. The molecule has 0 radical (unpaired) electrons. The van der Waals surface area contributed by atoms with Crippen LogP contribution in [0.4, 0.5) is 0 Å². The second-order valence-electron chi connectivity index (χ2n) is 5.17. The van der Waals surface area contributed by atoms with Crippen LogP contribution in [0.1, 0.15) is 32.1 Å². The van der Waals surface area contributed by atoms with Crippen molar-refractivity contribution in [3.05, 3.63) is 22.6 Å². The highest BCUT2D eigenvalue weighted by molar-refractivity contribution is 9.10. The summed E-state index contributed by atoms with van der Waals surface area (Å²) in [5.74, 6) is 1.44. The molecule has 2 aromatic rings. The fourth-order valence-electron chi connectivity index (χ4n) is 2.70. The first-order valence-electron chi connectivity index (χ1n) is 6.33. The van der Waals surface area contributed by atoms with Crippen LogP contribution < -0.4 is 0 Å². The molecule has 0 bridgehead atoms. The average Bonchev–Trinajstić information content (AvgIpc) is 2.91. The minimum Gasteiger partial charge on any atom is -0.339 e. The van der Waals surface area contributed by atoms with Crippen molar-refractivity contribution in [3.63, 3.8) is 0 Å². The molecule has 2 atom stereocenters. The smallest absolute Gasteiger partial charge is 0.220 e. The van der Waals surface area contributed by atoms with E-state index in [2.05, 4.69) is 37.8 Å². The summed E-state index contributed by atoms with van der Waals surface area (Å²) >= 11 is 3.40. The van der Waals surface area contributed by atoms with E-state index in [1.165, 1.54) is 0 Å². The third-order valence-electron chi connectivity index (χ3n) is 3.55. The van der Waals surface area contributed by atoms with E-state index in [0.29, 0.717) is 11.6 Å². The Morgan fingerprint density at radius 3 is 3.11 bits per heavy atom. The molecule has 100 valence electrons. The standard InChI is InChI=1S/C13H15BrN4O/c1-7-3-11(18(6-7)8(2)19)13-16-10-4-9(14)5-15-12(10)17-13/h4-5,7,11H,3,6H2,1-2H3,(H,15,16,17)/t7-,11?/m0/s1. The van der Waals surface area contributed by atoms with Crippen LogP contribution in [0.3, 0.4) is 0 Å². The normalized spacial score (nSPS) is 23.2. The lowest BCUT2D eigenvalue weighted by Gasteiger charge is -2.21. The van der Waals surface area contributed by atoms with Gasteiger partial charge in [0.2, 0.25) is 5.91 Å². The SMILES string of the molecule is CC(=O)N1C[C@@H](C)CC1c1nc2ncc(Br)cc2[nH]1. The van der Waals surface area contributed by atoms with E-state index in [0.717, 1.165) is 28.8 Å². The number of imidazole rings is 1. The highest BCUT2D eigenvalue weighted by Crippen LogP contribution is 2.34. The molecule has 1 unspecified atom stereocenters. The van der Waals surface area contributed by atoms with Gasteiger partial charge in [-0.05, 0) is 34.3 Å². The summed E-state index contributed by atoms with van der Waals surface area (Å²) < 4.78 is 0.915. The number of H-pyrrole nitrogens is 1. The quantitative estimate of drug-likeness (QED) is 0.877. The minimum atomic E-state index is 0.0421. The molecule has 0 saturated carbocycles. The maximum Gasteiger partial charge on any atom is 0.220 e. The highest BCUT2D eigenvalue weighted by Gasteiger charge is 2.34. The monoisotopic (exact) mass is 322 g/mol. The Hall–Kier alpha value is -1.43. The van der Waals surface area contributed by atoms with Gasteiger partial charge in [-0.3, -0.25) is 4.79 Å². The summed E-state index contributed by atoms with van der Waals surface area (Å²) in [6, 6.07) is 2.00. The third-order valence-corrected chi connectivity index (χ3v) is 3.99. The zero-order chi connectivity index (χ0) is 13.6. The number of aromatic amines is 1. The van der Waals surface area contributed by atoms with E-state index >= 15 is 0 Å². The van der Waals surface area contributed by atoms with Gasteiger partial charge >= 0.3 is 0 Å². The molecule has 3 rings (SSSR count). The van der Waals surface area contributed by atoms with E-state index in [-0.39, 0.29) is 11.9 Å². The van der Waals surface area contributed by atoms with E-state index in [9.17, 15) is 4.79 Å². The highest BCUT2D eigenvalue weighted by atomic mass is 79.9. The van der Waals surface area contributed by atoms with Crippen molar-refractivity contribution in [2.75, 3.05) is 6.54 Å². The maximum atomic E-state index is 11.7. The number of likely N-dealkylation sites (tertiary alicyclic amines) is 1. The van der Waals surface area contributed by atoms with Gasteiger partial charge in [0.1, 0.15) is 5.82 Å². The molecule has 2 aromatic heterocycles. The van der Waals surface area contributed by atoms with Crippen molar-refractivity contribution in [3.8, 4) is 0 Å². The number of nitrogens with zero attached hydrogens (tertiary/aromatic N) is 3. The molecule has 1 aliphatic heterocycles. The van der Waals surface area contributed by atoms with Crippen molar-refractivity contribution in [2.45, 2.75) is 26.3 Å². The Kier molecular flexibility index (Phi) is 3.05. The molecule has 1 N–H and O–H groups in total. The van der Waals surface area contributed by atoms with Crippen molar-refractivity contribution in [2.24, 2.45) is 5.92 Å². The largest absolute Gasteiger partial charge is 0.339 e. The van der Waals surface area contributed by atoms with Crippen LogP contribution in [0.5, 0.6) is 0 Å². The molecular formula is C13H15BrN4O. The minimum absolute atomic E-state index is 0.0421. The number of pyridine rings is 1. The second kappa shape index (κ2) is 4.59. The van der Waals surface area contributed by atoms with Gasteiger partial charge in [0.05, 0.1) is 11.6 Å². The summed E-state index contributed by atoms with van der Waals surface area (Å²) in [5, 5.41) is 0. The van der Waals surface area contributed by atoms with Gasteiger partial charge in [-0.1, -0.05) is 6.92 Å². The second-order valence-corrected chi connectivity index (χ2v) is 6.09. The molecule has 0 aromatic carbocycles. The Bertz CT molecular complexity index is 639. The topological polar surface area (TPSA) is 61.9 Å². The van der Waals surface area contributed by atoms with Crippen molar-refractivity contribution < 1.29 is 4.79 Å². The van der Waals surface area contributed by atoms with Gasteiger partial charge in [-0.25, -0.2) is 9.97 Å². The van der Waals surface area contributed by atoms with Crippen molar-refractivity contribution in [1.82, 2.24) is 19.9 Å². The van der Waals surface area contributed by atoms with Gasteiger partial charge in [-0.15, -0.1) is 0 Å². The number of halogens is 1. The predicted octanol–water partition coefficient (Wildman–Crippen LogP) is 2.65. The molecule has 0 aliphatic carbocycles. The first-order valence-corrected chi connectivity index (χ1v) is 7.12. The molecule has 5 nitrogen and oxygen atoms in total. The number of fused-ring (bicyclic) bond motifs is 1. The van der Waals surface area contributed by atoms with Crippen LogP contribution >= 0.6 is 15.9 Å². The summed E-state index contributed by atoms with van der Waals surface area (Å²) in [7, 11) is 0. The third kappa shape index (κ3) is 2.25. The van der Waals surface area contributed by atoms with Crippen LogP contribution in [-0.4, -0.2) is 32.3 Å². The molecule has 1 saturated heterocycles. The molecule has 1 amide bonds. The predicted molar refractivity (Wildman–Crippen MR) is 75.5 cm³/mol. The van der Waals surface area contributed by atoms with Gasteiger partial charge < -0.3 is 9.88 Å². The number of amides is 1. The number of aromatic nitrogens is 3. The number of carbonyl (C=O) groups is 1. The summed E-state index contributed by atoms with van der Waals surface area (Å²) in [4.78, 5) is 25.7. The molecule has 3 heterocycles. The average molecular weight is 323 g/mol. The number of hydrogen-bond acceptors (Lipinski definition) is 3. The van der Waals surface area contributed by atoms with Gasteiger partial charge in [-0.2, -0.15) is 0 Å². The maximum absolute atomic E-state index is 11.7. The van der Waals surface area contributed by atoms with E-state index in [4.69, 9.17) is 0 Å². The summed E-state index contributed by atoms with van der Waals surface area (Å²) in [6.45, 7) is 4.57. The molecule has 1 aliphatic rings. The molecule has 1 fully saturated rings. The van der Waals surface area contributed by atoms with Crippen LogP contribution in [0.2, 0.25) is 0 Å². The van der Waals surface area contributed by atoms with Crippen LogP contribution in [0, 0.1) is 5.92 Å². The zero-order valence-electron chi connectivity index (χ0n) is 10.9. The van der Waals surface area contributed by atoms with Gasteiger partial charge in [0.15, 0.2) is 5.65 Å². The Balaban J connectivity index is 2.01. The lowest BCUT2D eigenvalue weighted by Crippen LogP contribution is -2.29. The number of carbonyl (C=O) groups excluding carboxylic acids is 1. The molecule has 19 heavy (non-hydrogen) atoms. The van der Waals surface area contributed by atoms with E-state index in [1.54, 1.807) is 13.1 Å². The Morgan fingerprint density at radius 1 is 1.58 bits per heavy atom. The lowest BCUT2D eigenvalue weighted by atomic mass is 10.1. The first kappa shape index (κ1) is 12.6. The number of hydrogen-bond donors (Lipinski definition) is 1. The van der Waals surface area contributed by atoms with Crippen molar-refractivity contribution >= 4 is 33.0 Å². The van der Waals surface area contributed by atoms with Crippen molar-refractivity contribution in [1.29, 1.82) is 0 Å². The first-order chi connectivity index (χ1) is 9.04. The van der Waals surface area contributed by atoms with Gasteiger partial charge in [0.25, 0.3) is 0 Å². The zero-order valence-corrected chi connectivity index (χ0v) is 12.4. The lowest BCUT2D eigenvalue weighted by molar-refractivity contribution is -0.129. The van der Waals surface area contributed by atoms with Gasteiger partial charge in [0, 0.05) is 24.1 Å². The van der Waals surface area contributed by atoms with Crippen LogP contribution in [-0.2, 0) is 4.79 Å². The Labute approximate surface area is 119 Å². The Morgan fingerprint density at radius 2 is 2.37 bits per heavy atom. The molecule has 6 heteroatoms. The fourth-order valence-corrected chi connectivity index (χ4v) is 3.04. The summed E-state index contributed by atoms with van der Waals surface area (Å²) in [5.41, 5.74) is 1.59. The number of nitrogens with one attached hydrogen (secondary N) is 1. The molecule has 0 spiro atoms. The fraction of sp³-hybridized carbons (Fsp3) is 0.462.